The van der Waals surface area contributed by atoms with Crippen molar-refractivity contribution in [1.29, 1.82) is 0 Å². The van der Waals surface area contributed by atoms with Gasteiger partial charge in [0.15, 0.2) is 5.96 Å². The molecule has 2 aromatic carbocycles. The minimum atomic E-state index is -4.30. The number of rotatable bonds is 7. The van der Waals surface area contributed by atoms with E-state index in [0.29, 0.717) is 24.6 Å². The molecule has 146 valence electrons. The van der Waals surface area contributed by atoms with Gasteiger partial charge >= 0.3 is 6.18 Å². The zero-order chi connectivity index (χ0) is 19.7. The van der Waals surface area contributed by atoms with Gasteiger partial charge in [-0.1, -0.05) is 54.1 Å². The molecule has 0 saturated carbocycles. The first-order chi connectivity index (χ1) is 12.9. The molecule has 0 spiro atoms. The predicted molar refractivity (Wildman–Crippen MR) is 100 cm³/mol. The van der Waals surface area contributed by atoms with Gasteiger partial charge in [-0.15, -0.1) is 0 Å². The van der Waals surface area contributed by atoms with Crippen molar-refractivity contribution in [3.63, 3.8) is 0 Å². The van der Waals surface area contributed by atoms with Crippen molar-refractivity contribution in [2.75, 3.05) is 13.7 Å². The van der Waals surface area contributed by atoms with E-state index in [9.17, 15) is 13.2 Å². The summed E-state index contributed by atoms with van der Waals surface area (Å²) in [5.41, 5.74) is 4.07. The minimum Gasteiger partial charge on any atom is -0.367 e. The van der Waals surface area contributed by atoms with Gasteiger partial charge in [-0.25, -0.2) is 0 Å². The Bertz CT molecular complexity index is 726. The Morgan fingerprint density at radius 1 is 0.889 bits per heavy atom. The normalized spacial score (nSPS) is 12.1. The van der Waals surface area contributed by atoms with E-state index < -0.39 is 12.8 Å². The number of aryl methyl sites for hydroxylation is 1. The van der Waals surface area contributed by atoms with E-state index in [0.717, 1.165) is 11.1 Å². The summed E-state index contributed by atoms with van der Waals surface area (Å²) in [5, 5.41) is 6.45. The number of guanidine groups is 1. The molecular weight excluding hydrogens is 355 g/mol. The molecule has 0 bridgehead atoms. The second kappa shape index (κ2) is 9.97. The van der Waals surface area contributed by atoms with Crippen LogP contribution < -0.4 is 10.6 Å². The van der Waals surface area contributed by atoms with Crippen molar-refractivity contribution in [3.05, 3.63) is 70.8 Å². The number of alkyl halides is 3. The monoisotopic (exact) mass is 379 g/mol. The van der Waals surface area contributed by atoms with Crippen molar-refractivity contribution in [3.8, 4) is 0 Å². The molecule has 0 aliphatic heterocycles. The summed E-state index contributed by atoms with van der Waals surface area (Å²) in [6, 6.07) is 15.5. The summed E-state index contributed by atoms with van der Waals surface area (Å²) in [7, 11) is 1.70. The Morgan fingerprint density at radius 2 is 1.37 bits per heavy atom. The first-order valence-corrected chi connectivity index (χ1v) is 8.58. The second-order valence-electron chi connectivity index (χ2n) is 6.19. The first kappa shape index (κ1) is 20.8. The lowest BCUT2D eigenvalue weighted by atomic mass is 10.1. The fraction of sp³-hybridized carbons (Fsp3) is 0.350. The fourth-order valence-electron chi connectivity index (χ4n) is 2.34. The van der Waals surface area contributed by atoms with Crippen LogP contribution in [0.3, 0.4) is 0 Å². The van der Waals surface area contributed by atoms with E-state index in [2.05, 4.69) is 44.6 Å². The lowest BCUT2D eigenvalue weighted by Crippen LogP contribution is -2.36. The van der Waals surface area contributed by atoms with E-state index in [-0.39, 0.29) is 6.61 Å². The van der Waals surface area contributed by atoms with Crippen LogP contribution in [0.15, 0.2) is 53.5 Å². The molecule has 7 heteroatoms. The Kier molecular flexibility index (Phi) is 7.67. The van der Waals surface area contributed by atoms with Crippen molar-refractivity contribution >= 4 is 5.96 Å². The average Bonchev–Trinajstić information content (AvgIpc) is 2.63. The quantitative estimate of drug-likeness (QED) is 0.566. The van der Waals surface area contributed by atoms with Gasteiger partial charge in [-0.05, 0) is 23.6 Å². The Morgan fingerprint density at radius 3 is 1.85 bits per heavy atom. The van der Waals surface area contributed by atoms with Gasteiger partial charge < -0.3 is 15.4 Å². The van der Waals surface area contributed by atoms with Gasteiger partial charge in [0.1, 0.15) is 6.61 Å². The number of ether oxygens (including phenoxy) is 1. The molecular formula is C20H24F3N3O. The highest BCUT2D eigenvalue weighted by Crippen LogP contribution is 2.15. The third-order valence-electron chi connectivity index (χ3n) is 3.82. The smallest absolute Gasteiger partial charge is 0.367 e. The average molecular weight is 379 g/mol. The molecule has 2 rings (SSSR count). The summed E-state index contributed by atoms with van der Waals surface area (Å²) >= 11 is 0. The largest absolute Gasteiger partial charge is 0.411 e. The molecule has 27 heavy (non-hydrogen) atoms. The van der Waals surface area contributed by atoms with Crippen molar-refractivity contribution < 1.29 is 17.9 Å². The summed E-state index contributed by atoms with van der Waals surface area (Å²) in [6.45, 7) is 1.96. The van der Waals surface area contributed by atoms with Gasteiger partial charge in [0, 0.05) is 20.1 Å². The highest BCUT2D eigenvalue weighted by Gasteiger charge is 2.27. The van der Waals surface area contributed by atoms with Crippen LogP contribution >= 0.6 is 0 Å². The lowest BCUT2D eigenvalue weighted by molar-refractivity contribution is -0.176. The van der Waals surface area contributed by atoms with Crippen molar-refractivity contribution in [2.45, 2.75) is 32.8 Å². The van der Waals surface area contributed by atoms with Crippen LogP contribution in [0.25, 0.3) is 0 Å². The molecule has 0 fully saturated rings. The van der Waals surface area contributed by atoms with Crippen LogP contribution in [0.2, 0.25) is 0 Å². The lowest BCUT2D eigenvalue weighted by Gasteiger charge is -2.13. The summed E-state index contributed by atoms with van der Waals surface area (Å²) in [6.07, 6.45) is -4.30. The van der Waals surface area contributed by atoms with Gasteiger partial charge in [-0.2, -0.15) is 13.2 Å². The molecule has 2 N–H and O–H groups in total. The maximum atomic E-state index is 12.1. The minimum absolute atomic E-state index is 0.0625. The Balaban J connectivity index is 1.76. The maximum absolute atomic E-state index is 12.1. The van der Waals surface area contributed by atoms with Gasteiger partial charge in [0.05, 0.1) is 6.61 Å². The highest BCUT2D eigenvalue weighted by molar-refractivity contribution is 5.79. The molecule has 0 aliphatic carbocycles. The standard InChI is InChI=1S/C20H24F3N3O/c1-15-3-5-16(6-4-15)11-25-19(24-2)26-12-17-7-9-18(10-8-17)13-27-14-20(21,22)23/h3-10H,11-14H2,1-2H3,(H2,24,25,26). The summed E-state index contributed by atoms with van der Waals surface area (Å²) in [4.78, 5) is 4.18. The molecule has 0 atom stereocenters. The van der Waals surface area contributed by atoms with E-state index in [4.69, 9.17) is 0 Å². The molecule has 4 nitrogen and oxygen atoms in total. The molecule has 0 aromatic heterocycles. The van der Waals surface area contributed by atoms with Crippen LogP contribution in [0.4, 0.5) is 13.2 Å². The van der Waals surface area contributed by atoms with Crippen LogP contribution in [-0.4, -0.2) is 25.8 Å². The first-order valence-electron chi connectivity index (χ1n) is 8.58. The zero-order valence-electron chi connectivity index (χ0n) is 15.4. The molecule has 2 aromatic rings. The van der Waals surface area contributed by atoms with E-state index >= 15 is 0 Å². The topological polar surface area (TPSA) is 45.7 Å². The number of nitrogens with zero attached hydrogens (tertiary/aromatic N) is 1. The molecule has 0 radical (unpaired) electrons. The molecule has 0 heterocycles. The van der Waals surface area contributed by atoms with Gasteiger partial charge in [0.2, 0.25) is 0 Å². The summed E-state index contributed by atoms with van der Waals surface area (Å²) < 4.78 is 40.9. The third kappa shape index (κ3) is 8.13. The number of aliphatic imine (C=N–C) groups is 1. The van der Waals surface area contributed by atoms with Crippen LogP contribution in [0.1, 0.15) is 22.3 Å². The van der Waals surface area contributed by atoms with E-state index in [1.54, 1.807) is 19.2 Å². The van der Waals surface area contributed by atoms with Crippen molar-refractivity contribution in [2.24, 2.45) is 4.99 Å². The molecule has 0 unspecified atom stereocenters. The number of benzene rings is 2. The second-order valence-corrected chi connectivity index (χ2v) is 6.19. The Hall–Kier alpha value is -2.54. The van der Waals surface area contributed by atoms with Crippen LogP contribution in [-0.2, 0) is 24.4 Å². The van der Waals surface area contributed by atoms with E-state index in [1.165, 1.54) is 5.56 Å². The zero-order valence-corrected chi connectivity index (χ0v) is 15.4. The third-order valence-corrected chi connectivity index (χ3v) is 3.82. The van der Waals surface area contributed by atoms with Crippen LogP contribution in [0, 0.1) is 6.92 Å². The van der Waals surface area contributed by atoms with Crippen LogP contribution in [0.5, 0.6) is 0 Å². The maximum Gasteiger partial charge on any atom is 0.411 e. The van der Waals surface area contributed by atoms with Gasteiger partial charge in [-0.3, -0.25) is 4.99 Å². The van der Waals surface area contributed by atoms with Crippen molar-refractivity contribution in [1.82, 2.24) is 10.6 Å². The SMILES string of the molecule is CN=C(NCc1ccc(C)cc1)NCc1ccc(COCC(F)(F)F)cc1. The van der Waals surface area contributed by atoms with E-state index in [1.807, 2.05) is 19.1 Å². The fourth-order valence-corrected chi connectivity index (χ4v) is 2.34. The van der Waals surface area contributed by atoms with Gasteiger partial charge in [0.25, 0.3) is 0 Å². The highest BCUT2D eigenvalue weighted by atomic mass is 19.4. The molecule has 0 amide bonds. The predicted octanol–water partition coefficient (Wildman–Crippen LogP) is 3.94. The number of halogens is 3. The molecule has 0 aliphatic rings. The number of hydrogen-bond acceptors (Lipinski definition) is 2. The Labute approximate surface area is 157 Å². The molecule has 0 saturated heterocycles. The number of nitrogens with one attached hydrogen (secondary N) is 2. The number of hydrogen-bond donors (Lipinski definition) is 2. The summed E-state index contributed by atoms with van der Waals surface area (Å²) in [5.74, 6) is 0.674.